The van der Waals surface area contributed by atoms with E-state index in [2.05, 4.69) is 16.0 Å². The van der Waals surface area contributed by atoms with Crippen LogP contribution in [0, 0.1) is 0 Å². The van der Waals surface area contributed by atoms with Gasteiger partial charge in [-0.1, -0.05) is 0 Å². The van der Waals surface area contributed by atoms with Crippen LogP contribution in [0.4, 0.5) is 14.6 Å². The Kier molecular flexibility index (Phi) is 11.8. The van der Waals surface area contributed by atoms with Gasteiger partial charge in [-0.3, -0.25) is 14.9 Å². The number of imide groups is 1. The van der Waals surface area contributed by atoms with E-state index >= 15 is 0 Å². The fraction of sp³-hybridized carbons (Fsp3) is 0.462. The van der Waals surface area contributed by atoms with Crippen LogP contribution in [0.3, 0.4) is 0 Å². The molecule has 3 rings (SSSR count). The van der Waals surface area contributed by atoms with Crippen molar-refractivity contribution in [3.05, 3.63) is 45.8 Å². The number of benzene rings is 1. The summed E-state index contributed by atoms with van der Waals surface area (Å²) in [4.78, 5) is 52.6. The summed E-state index contributed by atoms with van der Waals surface area (Å²) in [6, 6.07) is 4.67. The number of carbonyl (C=O) groups excluding carboxylic acids is 4. The molecule has 0 saturated carbocycles. The fourth-order valence-corrected chi connectivity index (χ4v) is 6.84. The van der Waals surface area contributed by atoms with E-state index in [-0.39, 0.29) is 67.0 Å². The first-order valence-corrected chi connectivity index (χ1v) is 15.3. The number of amides is 5. The van der Waals surface area contributed by atoms with Gasteiger partial charge in [0, 0.05) is 51.3 Å². The number of methoxy groups -OCH3 is 2. The van der Waals surface area contributed by atoms with E-state index in [9.17, 15) is 27.6 Å². The molecule has 1 aromatic carbocycles. The topological polar surface area (TPSA) is 173 Å². The van der Waals surface area contributed by atoms with Gasteiger partial charge >= 0.3 is 12.1 Å². The first-order chi connectivity index (χ1) is 20.1. The summed E-state index contributed by atoms with van der Waals surface area (Å²) in [6.07, 6.45) is -0.178. The number of nitrogens with one attached hydrogen (secondary N) is 3. The number of fused-ring (bicyclic) bond motifs is 1. The first kappa shape index (κ1) is 32.9. The predicted octanol–water partition coefficient (Wildman–Crippen LogP) is 1.87. The summed E-state index contributed by atoms with van der Waals surface area (Å²) in [7, 11) is 0.427. The highest BCUT2D eigenvalue weighted by atomic mass is 32.2. The number of hydrogen-bond donors (Lipinski definition) is 3. The monoisotopic (exact) mass is 625 g/mol. The molecule has 230 valence electrons. The highest BCUT2D eigenvalue weighted by Gasteiger charge is 2.32. The van der Waals surface area contributed by atoms with E-state index in [1.54, 1.807) is 6.92 Å². The summed E-state index contributed by atoms with van der Waals surface area (Å²) in [5.74, 6) is -1.30. The van der Waals surface area contributed by atoms with Crippen LogP contribution in [0.15, 0.2) is 29.2 Å². The zero-order chi connectivity index (χ0) is 30.9. The Hall–Kier alpha value is -3.57. The molecule has 0 atom stereocenters. The molecule has 0 bridgehead atoms. The van der Waals surface area contributed by atoms with Crippen molar-refractivity contribution < 1.29 is 41.8 Å². The van der Waals surface area contributed by atoms with Crippen molar-refractivity contribution in [2.45, 2.75) is 24.8 Å². The molecule has 0 spiro atoms. The van der Waals surface area contributed by atoms with Gasteiger partial charge in [-0.2, -0.15) is 4.31 Å². The highest BCUT2D eigenvalue weighted by Crippen LogP contribution is 2.37. The molecule has 16 heteroatoms. The molecule has 0 aliphatic carbocycles. The molecular weight excluding hydrogens is 590 g/mol. The second kappa shape index (κ2) is 15.1. The van der Waals surface area contributed by atoms with E-state index in [4.69, 9.17) is 14.2 Å². The van der Waals surface area contributed by atoms with Gasteiger partial charge < -0.3 is 29.7 Å². The molecule has 3 N–H and O–H groups in total. The van der Waals surface area contributed by atoms with Crippen LogP contribution in [0.1, 0.15) is 38.1 Å². The minimum absolute atomic E-state index is 0.0115. The van der Waals surface area contributed by atoms with E-state index in [0.717, 1.165) is 11.3 Å². The van der Waals surface area contributed by atoms with Crippen LogP contribution in [0.2, 0.25) is 0 Å². The van der Waals surface area contributed by atoms with Gasteiger partial charge in [-0.15, -0.1) is 11.3 Å². The molecular formula is C26H35N5O9S2. The van der Waals surface area contributed by atoms with Crippen molar-refractivity contribution in [1.29, 1.82) is 0 Å². The van der Waals surface area contributed by atoms with E-state index < -0.39 is 34.0 Å². The minimum Gasteiger partial charge on any atom is -0.450 e. The lowest BCUT2D eigenvalue weighted by Gasteiger charge is -2.26. The number of urea groups is 1. The quantitative estimate of drug-likeness (QED) is 0.318. The Morgan fingerprint density at radius 3 is 2.24 bits per heavy atom. The summed E-state index contributed by atoms with van der Waals surface area (Å²) in [5, 5.41) is 7.46. The number of hydrogen-bond acceptors (Lipinski definition) is 10. The van der Waals surface area contributed by atoms with Gasteiger partial charge in [0.1, 0.15) is 5.00 Å². The number of carbonyl (C=O) groups is 4. The van der Waals surface area contributed by atoms with Gasteiger partial charge in [0.25, 0.3) is 11.8 Å². The van der Waals surface area contributed by atoms with Gasteiger partial charge in [0.05, 0.1) is 36.8 Å². The lowest BCUT2D eigenvalue weighted by atomic mass is 10.0. The molecule has 1 aromatic heterocycles. The normalized spacial score (nSPS) is 12.9. The number of sulfonamides is 1. The molecule has 2 aromatic rings. The third-order valence-electron chi connectivity index (χ3n) is 6.34. The number of ether oxygens (including phenoxy) is 3. The maximum absolute atomic E-state index is 13.2. The summed E-state index contributed by atoms with van der Waals surface area (Å²) >= 11 is 1.11. The molecule has 0 saturated heterocycles. The van der Waals surface area contributed by atoms with Crippen LogP contribution in [-0.4, -0.2) is 102 Å². The van der Waals surface area contributed by atoms with Crippen molar-refractivity contribution in [2.75, 3.05) is 66.0 Å². The Morgan fingerprint density at radius 2 is 1.67 bits per heavy atom. The largest absolute Gasteiger partial charge is 0.450 e. The SMILES string of the molecule is CCOC(=O)N1CCc2c(sc(NC(=O)c3ccc(S(=O)(=O)N(CCOC)CCOC)cc3)c2C(=O)NC(=O)NC)C1. The van der Waals surface area contributed by atoms with Gasteiger partial charge in [-0.25, -0.2) is 18.0 Å². The standard InChI is InChI=1S/C26H35N5O9S2/c1-5-40-26(35)30-11-10-19-20(16-30)41-24(21(19)23(33)29-25(34)27-2)28-22(32)17-6-8-18(9-7-17)42(36,37)31(12-14-38-3)13-15-39-4/h6-9H,5,10-16H2,1-4H3,(H,28,32)(H2,27,29,33,34). The van der Waals surface area contributed by atoms with Crippen LogP contribution in [0.25, 0.3) is 0 Å². The number of thiophene rings is 1. The van der Waals surface area contributed by atoms with Crippen molar-refractivity contribution in [1.82, 2.24) is 19.8 Å². The van der Waals surface area contributed by atoms with Crippen LogP contribution >= 0.6 is 11.3 Å². The van der Waals surface area contributed by atoms with E-state index in [0.29, 0.717) is 16.9 Å². The van der Waals surface area contributed by atoms with Crippen LogP contribution < -0.4 is 16.0 Å². The number of rotatable bonds is 12. The Bertz CT molecular complexity index is 1390. The molecule has 2 heterocycles. The predicted molar refractivity (Wildman–Crippen MR) is 154 cm³/mol. The Balaban J connectivity index is 1.87. The zero-order valence-electron chi connectivity index (χ0n) is 23.9. The van der Waals surface area contributed by atoms with Gasteiger partial charge in [0.15, 0.2) is 0 Å². The second-order valence-electron chi connectivity index (χ2n) is 8.98. The Labute approximate surface area is 248 Å². The minimum atomic E-state index is -3.89. The number of nitrogens with zero attached hydrogens (tertiary/aromatic N) is 2. The number of anilines is 1. The lowest BCUT2D eigenvalue weighted by molar-refractivity contribution is 0.0963. The van der Waals surface area contributed by atoms with E-state index in [1.165, 1.54) is 54.7 Å². The average Bonchev–Trinajstić information content (AvgIpc) is 3.34. The molecule has 1 aliphatic heterocycles. The second-order valence-corrected chi connectivity index (χ2v) is 12.0. The molecule has 0 fully saturated rings. The van der Waals surface area contributed by atoms with Crippen molar-refractivity contribution in [2.24, 2.45) is 0 Å². The smallest absolute Gasteiger partial charge is 0.410 e. The zero-order valence-corrected chi connectivity index (χ0v) is 25.5. The van der Waals surface area contributed by atoms with Crippen LogP contribution in [-0.2, 0) is 37.2 Å². The van der Waals surface area contributed by atoms with Crippen molar-refractivity contribution in [3.63, 3.8) is 0 Å². The lowest BCUT2D eigenvalue weighted by Crippen LogP contribution is -2.39. The first-order valence-electron chi connectivity index (χ1n) is 13.1. The van der Waals surface area contributed by atoms with Gasteiger partial charge in [-0.05, 0) is 43.2 Å². The molecule has 0 unspecified atom stereocenters. The third-order valence-corrected chi connectivity index (χ3v) is 9.38. The summed E-state index contributed by atoms with van der Waals surface area (Å²) in [6.45, 7) is 3.02. The third kappa shape index (κ3) is 7.83. The van der Waals surface area contributed by atoms with Crippen molar-refractivity contribution in [3.8, 4) is 0 Å². The maximum Gasteiger partial charge on any atom is 0.410 e. The maximum atomic E-state index is 13.2. The average molecular weight is 626 g/mol. The van der Waals surface area contributed by atoms with Gasteiger partial charge in [0.2, 0.25) is 10.0 Å². The van der Waals surface area contributed by atoms with Crippen LogP contribution in [0.5, 0.6) is 0 Å². The van der Waals surface area contributed by atoms with E-state index in [1.807, 2.05) is 0 Å². The molecule has 14 nitrogen and oxygen atoms in total. The van der Waals surface area contributed by atoms with Crippen molar-refractivity contribution >= 4 is 50.3 Å². The summed E-state index contributed by atoms with van der Waals surface area (Å²) in [5.41, 5.74) is 0.888. The fourth-order valence-electron chi connectivity index (χ4n) is 4.17. The molecule has 42 heavy (non-hydrogen) atoms. The Morgan fingerprint density at radius 1 is 1.02 bits per heavy atom. The summed E-state index contributed by atoms with van der Waals surface area (Å²) < 4.78 is 42.7. The molecule has 5 amide bonds. The molecule has 0 radical (unpaired) electrons. The highest BCUT2D eigenvalue weighted by molar-refractivity contribution is 7.89. The molecule has 1 aliphatic rings.